The number of sulfone groups is 2. The largest absolute Gasteiger partial charge is 0.356 e. The number of anilines is 2. The van der Waals surface area contributed by atoms with Crippen LogP contribution in [0.2, 0.25) is 0 Å². The van der Waals surface area contributed by atoms with Gasteiger partial charge in [0.05, 0.1) is 19.6 Å². The van der Waals surface area contributed by atoms with E-state index in [1.54, 1.807) is 109 Å². The van der Waals surface area contributed by atoms with Gasteiger partial charge in [0, 0.05) is 11.4 Å². The molecule has 4 aromatic rings. The number of nitrogens with one attached hydrogen (secondary N) is 1. The van der Waals surface area contributed by atoms with Gasteiger partial charge in [0.25, 0.3) is 0 Å². The normalized spacial score (nSPS) is 11.7. The summed E-state index contributed by atoms with van der Waals surface area (Å²) in [5.74, 6) is 0. The second-order valence-corrected chi connectivity index (χ2v) is 10.7. The van der Waals surface area contributed by atoms with Crippen molar-refractivity contribution in [3.05, 3.63) is 109 Å². The van der Waals surface area contributed by atoms with E-state index in [0.717, 1.165) is 0 Å². The highest BCUT2D eigenvalue weighted by atomic mass is 32.2. The summed E-state index contributed by atoms with van der Waals surface area (Å²) in [7, 11) is -7.14. The van der Waals surface area contributed by atoms with Crippen LogP contribution in [-0.4, -0.2) is 16.8 Å². The molecule has 0 saturated carbocycles. The number of hydrogen-bond acceptors (Lipinski definition) is 5. The summed E-state index contributed by atoms with van der Waals surface area (Å²) in [4.78, 5) is 0.888. The van der Waals surface area contributed by atoms with Crippen molar-refractivity contribution in [1.29, 1.82) is 0 Å². The van der Waals surface area contributed by atoms with Gasteiger partial charge in [-0.3, -0.25) is 0 Å². The first-order chi connectivity index (χ1) is 14.9. The molecular formula is C24H19NO4S2. The molecule has 0 bridgehead atoms. The Labute approximate surface area is 181 Å². The molecule has 4 rings (SSSR count). The van der Waals surface area contributed by atoms with Crippen molar-refractivity contribution in [2.24, 2.45) is 0 Å². The predicted molar refractivity (Wildman–Crippen MR) is 120 cm³/mol. The van der Waals surface area contributed by atoms with Gasteiger partial charge in [0.2, 0.25) is 19.7 Å². The minimum atomic E-state index is -3.57. The van der Waals surface area contributed by atoms with Crippen molar-refractivity contribution in [3.8, 4) is 0 Å². The topological polar surface area (TPSA) is 80.3 Å². The molecule has 0 saturated heterocycles. The van der Waals surface area contributed by atoms with Crippen LogP contribution in [0.4, 0.5) is 11.4 Å². The van der Waals surface area contributed by atoms with Gasteiger partial charge in [-0.25, -0.2) is 16.8 Å². The van der Waals surface area contributed by atoms with Crippen molar-refractivity contribution in [3.63, 3.8) is 0 Å². The summed E-state index contributed by atoms with van der Waals surface area (Å²) in [6.07, 6.45) is 0. The average molecular weight is 450 g/mol. The lowest BCUT2D eigenvalue weighted by atomic mass is 10.3. The Morgan fingerprint density at radius 2 is 0.677 bits per heavy atom. The first-order valence-corrected chi connectivity index (χ1v) is 12.4. The van der Waals surface area contributed by atoms with E-state index >= 15 is 0 Å². The molecule has 0 fully saturated rings. The molecule has 0 atom stereocenters. The van der Waals surface area contributed by atoms with Crippen LogP contribution in [0.5, 0.6) is 0 Å². The Bertz CT molecular complexity index is 1270. The van der Waals surface area contributed by atoms with Crippen molar-refractivity contribution in [2.75, 3.05) is 5.32 Å². The van der Waals surface area contributed by atoms with Crippen LogP contribution in [0.3, 0.4) is 0 Å². The molecule has 31 heavy (non-hydrogen) atoms. The zero-order valence-corrected chi connectivity index (χ0v) is 18.0. The summed E-state index contributed by atoms with van der Waals surface area (Å²) in [5.41, 5.74) is 1.37. The van der Waals surface area contributed by atoms with Crippen molar-refractivity contribution in [1.82, 2.24) is 0 Å². The van der Waals surface area contributed by atoms with Crippen LogP contribution in [0.25, 0.3) is 0 Å². The van der Waals surface area contributed by atoms with Gasteiger partial charge in [-0.2, -0.15) is 0 Å². The smallest absolute Gasteiger partial charge is 0.206 e. The third-order valence-electron chi connectivity index (χ3n) is 4.72. The zero-order chi connectivity index (χ0) is 21.9. The van der Waals surface area contributed by atoms with Crippen LogP contribution >= 0.6 is 0 Å². The monoisotopic (exact) mass is 449 g/mol. The van der Waals surface area contributed by atoms with E-state index < -0.39 is 19.7 Å². The quantitative estimate of drug-likeness (QED) is 0.443. The van der Waals surface area contributed by atoms with Gasteiger partial charge in [0.15, 0.2) is 0 Å². The van der Waals surface area contributed by atoms with Crippen LogP contribution in [0.1, 0.15) is 0 Å². The molecule has 0 amide bonds. The standard InChI is InChI=1S/C24H19NO4S2/c26-30(27,21-7-3-1-4-8-21)23-15-11-19(12-16-23)25-20-13-17-24(18-14-20)31(28,29)22-9-5-2-6-10-22/h1-18,25H. The highest BCUT2D eigenvalue weighted by molar-refractivity contribution is 7.91. The Balaban J connectivity index is 1.52. The molecule has 4 aromatic carbocycles. The van der Waals surface area contributed by atoms with E-state index in [4.69, 9.17) is 0 Å². The van der Waals surface area contributed by atoms with Gasteiger partial charge < -0.3 is 5.32 Å². The van der Waals surface area contributed by atoms with Crippen LogP contribution in [0.15, 0.2) is 129 Å². The molecule has 5 nitrogen and oxygen atoms in total. The molecule has 0 heterocycles. The molecule has 0 aliphatic rings. The number of rotatable bonds is 6. The molecular weight excluding hydrogens is 430 g/mol. The third-order valence-corrected chi connectivity index (χ3v) is 8.30. The molecule has 7 heteroatoms. The average Bonchev–Trinajstić information content (AvgIpc) is 2.81. The SMILES string of the molecule is O=S(=O)(c1ccccc1)c1ccc(Nc2ccc(S(=O)(=O)c3ccccc3)cc2)cc1. The van der Waals surface area contributed by atoms with E-state index in [1.807, 2.05) is 0 Å². The van der Waals surface area contributed by atoms with Crippen LogP contribution < -0.4 is 5.32 Å². The lowest BCUT2D eigenvalue weighted by Crippen LogP contribution is -2.02. The van der Waals surface area contributed by atoms with Gasteiger partial charge in [-0.1, -0.05) is 36.4 Å². The summed E-state index contributed by atoms with van der Waals surface area (Å²) in [6.45, 7) is 0. The Morgan fingerprint density at radius 1 is 0.387 bits per heavy atom. The van der Waals surface area contributed by atoms with Gasteiger partial charge in [-0.15, -0.1) is 0 Å². The van der Waals surface area contributed by atoms with E-state index in [1.165, 1.54) is 0 Å². The summed E-state index contributed by atoms with van der Waals surface area (Å²) < 4.78 is 50.7. The maximum atomic E-state index is 12.7. The second-order valence-electron chi connectivity index (χ2n) is 6.81. The fourth-order valence-corrected chi connectivity index (χ4v) is 5.64. The maximum absolute atomic E-state index is 12.7. The lowest BCUT2D eigenvalue weighted by molar-refractivity contribution is 0.594. The minimum Gasteiger partial charge on any atom is -0.356 e. The summed E-state index contributed by atoms with van der Waals surface area (Å²) in [6, 6.07) is 29.4. The first kappa shape index (κ1) is 20.8. The summed E-state index contributed by atoms with van der Waals surface area (Å²) >= 11 is 0. The molecule has 0 spiro atoms. The number of benzene rings is 4. The number of hydrogen-bond donors (Lipinski definition) is 1. The van der Waals surface area contributed by atoms with Gasteiger partial charge in [-0.05, 0) is 72.8 Å². The highest BCUT2D eigenvalue weighted by Gasteiger charge is 2.18. The van der Waals surface area contributed by atoms with Crippen LogP contribution in [0, 0.1) is 0 Å². The Morgan fingerprint density at radius 3 is 1.00 bits per heavy atom. The predicted octanol–water partition coefficient (Wildman–Crippen LogP) is 5.10. The van der Waals surface area contributed by atoms with Crippen molar-refractivity contribution in [2.45, 2.75) is 19.6 Å². The second kappa shape index (κ2) is 8.37. The lowest BCUT2D eigenvalue weighted by Gasteiger charge is -2.10. The fraction of sp³-hybridized carbons (Fsp3) is 0. The van der Waals surface area contributed by atoms with E-state index in [0.29, 0.717) is 11.4 Å². The van der Waals surface area contributed by atoms with Crippen LogP contribution in [-0.2, 0) is 19.7 Å². The third kappa shape index (κ3) is 4.38. The molecule has 0 radical (unpaired) electrons. The van der Waals surface area contributed by atoms with Gasteiger partial charge >= 0.3 is 0 Å². The minimum absolute atomic E-state index is 0.202. The molecule has 0 aromatic heterocycles. The van der Waals surface area contributed by atoms with Gasteiger partial charge in [0.1, 0.15) is 0 Å². The Kier molecular flexibility index (Phi) is 5.63. The molecule has 1 N–H and O–H groups in total. The molecule has 0 aliphatic carbocycles. The maximum Gasteiger partial charge on any atom is 0.206 e. The summed E-state index contributed by atoms with van der Waals surface area (Å²) in [5, 5.41) is 3.15. The van der Waals surface area contributed by atoms with E-state index in [9.17, 15) is 16.8 Å². The molecule has 0 aliphatic heterocycles. The highest BCUT2D eigenvalue weighted by Crippen LogP contribution is 2.26. The van der Waals surface area contributed by atoms with E-state index in [2.05, 4.69) is 5.32 Å². The van der Waals surface area contributed by atoms with Crippen molar-refractivity contribution >= 4 is 31.0 Å². The Hall–Kier alpha value is -3.42. The van der Waals surface area contributed by atoms with E-state index in [-0.39, 0.29) is 19.6 Å². The zero-order valence-electron chi connectivity index (χ0n) is 16.3. The van der Waals surface area contributed by atoms with Crippen molar-refractivity contribution < 1.29 is 16.8 Å². The first-order valence-electron chi connectivity index (χ1n) is 9.45. The molecule has 156 valence electrons. The fourth-order valence-electron chi connectivity index (χ4n) is 3.07. The molecule has 0 unspecified atom stereocenters.